The molecule has 0 unspecified atom stereocenters. The highest BCUT2D eigenvalue weighted by atomic mass is 19.1. The SMILES string of the molecule is N#Cc1cc(N)ccc1N1CCN(c2ccccc2F)CC1. The van der Waals surface area contributed by atoms with Crippen molar-refractivity contribution >= 4 is 17.1 Å². The Morgan fingerprint density at radius 1 is 0.955 bits per heavy atom. The average Bonchev–Trinajstić information content (AvgIpc) is 2.55. The van der Waals surface area contributed by atoms with Crippen molar-refractivity contribution in [3.63, 3.8) is 0 Å². The van der Waals surface area contributed by atoms with E-state index in [2.05, 4.69) is 11.0 Å². The summed E-state index contributed by atoms with van der Waals surface area (Å²) in [6, 6.07) is 14.4. The van der Waals surface area contributed by atoms with Crippen molar-refractivity contribution in [1.82, 2.24) is 0 Å². The number of benzene rings is 2. The van der Waals surface area contributed by atoms with Gasteiger partial charge in [0.15, 0.2) is 0 Å². The first-order valence-electron chi connectivity index (χ1n) is 7.23. The Labute approximate surface area is 129 Å². The minimum absolute atomic E-state index is 0.193. The standard InChI is InChI=1S/C17H17FN4/c18-15-3-1-2-4-17(15)22-9-7-21(8-10-22)16-6-5-14(20)11-13(16)12-19/h1-6,11H,7-10,20H2. The number of nitrogen functional groups attached to an aromatic ring is 1. The Hall–Kier alpha value is -2.74. The molecule has 5 heteroatoms. The lowest BCUT2D eigenvalue weighted by Crippen LogP contribution is -2.47. The summed E-state index contributed by atoms with van der Waals surface area (Å²) in [7, 11) is 0. The number of anilines is 3. The molecule has 1 aliphatic heterocycles. The van der Waals surface area contributed by atoms with Gasteiger partial charge in [0.2, 0.25) is 0 Å². The first-order chi connectivity index (χ1) is 10.7. The minimum Gasteiger partial charge on any atom is -0.399 e. The van der Waals surface area contributed by atoms with Gasteiger partial charge in [-0.05, 0) is 30.3 Å². The van der Waals surface area contributed by atoms with Crippen LogP contribution in [0.1, 0.15) is 5.56 Å². The number of nitriles is 1. The average molecular weight is 296 g/mol. The molecule has 112 valence electrons. The zero-order valence-corrected chi connectivity index (χ0v) is 12.2. The van der Waals surface area contributed by atoms with E-state index in [0.717, 1.165) is 31.9 Å². The second-order valence-electron chi connectivity index (χ2n) is 5.31. The van der Waals surface area contributed by atoms with Gasteiger partial charge in [-0.3, -0.25) is 0 Å². The van der Waals surface area contributed by atoms with E-state index in [4.69, 9.17) is 5.73 Å². The van der Waals surface area contributed by atoms with Gasteiger partial charge >= 0.3 is 0 Å². The van der Waals surface area contributed by atoms with E-state index >= 15 is 0 Å². The number of hydrogen-bond donors (Lipinski definition) is 1. The van der Waals surface area contributed by atoms with Crippen LogP contribution >= 0.6 is 0 Å². The van der Waals surface area contributed by atoms with Crippen LogP contribution in [0.5, 0.6) is 0 Å². The molecule has 0 atom stereocenters. The van der Waals surface area contributed by atoms with E-state index in [-0.39, 0.29) is 5.82 Å². The van der Waals surface area contributed by atoms with E-state index in [1.54, 1.807) is 24.3 Å². The van der Waals surface area contributed by atoms with Gasteiger partial charge in [-0.2, -0.15) is 5.26 Å². The maximum absolute atomic E-state index is 13.8. The summed E-state index contributed by atoms with van der Waals surface area (Å²) >= 11 is 0. The molecule has 0 spiro atoms. The highest BCUT2D eigenvalue weighted by Gasteiger charge is 2.21. The monoisotopic (exact) mass is 296 g/mol. The van der Waals surface area contributed by atoms with Crippen LogP contribution in [0.3, 0.4) is 0 Å². The molecule has 0 aromatic heterocycles. The van der Waals surface area contributed by atoms with E-state index in [1.807, 2.05) is 17.0 Å². The van der Waals surface area contributed by atoms with Crippen LogP contribution in [-0.2, 0) is 0 Å². The smallest absolute Gasteiger partial charge is 0.146 e. The highest BCUT2D eigenvalue weighted by molar-refractivity contribution is 5.65. The molecule has 4 nitrogen and oxygen atoms in total. The van der Waals surface area contributed by atoms with Crippen molar-refractivity contribution in [1.29, 1.82) is 5.26 Å². The quantitative estimate of drug-likeness (QED) is 0.866. The zero-order chi connectivity index (χ0) is 15.5. The van der Waals surface area contributed by atoms with Gasteiger partial charge in [-0.25, -0.2) is 4.39 Å². The van der Waals surface area contributed by atoms with Crippen LogP contribution < -0.4 is 15.5 Å². The molecule has 2 N–H and O–H groups in total. The molecule has 2 aromatic rings. The Balaban J connectivity index is 1.75. The topological polar surface area (TPSA) is 56.3 Å². The molecule has 1 heterocycles. The lowest BCUT2D eigenvalue weighted by molar-refractivity contribution is 0.598. The molecule has 1 aliphatic rings. The first-order valence-corrected chi connectivity index (χ1v) is 7.23. The lowest BCUT2D eigenvalue weighted by atomic mass is 10.1. The van der Waals surface area contributed by atoms with Crippen molar-refractivity contribution in [3.05, 3.63) is 53.8 Å². The third-order valence-corrected chi connectivity index (χ3v) is 3.95. The third kappa shape index (κ3) is 2.68. The molecule has 0 amide bonds. The molecule has 22 heavy (non-hydrogen) atoms. The number of nitrogens with zero attached hydrogens (tertiary/aromatic N) is 3. The number of para-hydroxylation sites is 1. The van der Waals surface area contributed by atoms with Gasteiger partial charge in [-0.1, -0.05) is 12.1 Å². The Morgan fingerprint density at radius 2 is 1.59 bits per heavy atom. The van der Waals surface area contributed by atoms with Crippen LogP contribution in [0.2, 0.25) is 0 Å². The summed E-state index contributed by atoms with van der Waals surface area (Å²) in [5.74, 6) is -0.193. The van der Waals surface area contributed by atoms with Gasteiger partial charge in [0.05, 0.1) is 16.9 Å². The van der Waals surface area contributed by atoms with Crippen LogP contribution in [0, 0.1) is 17.1 Å². The maximum atomic E-state index is 13.8. The second-order valence-corrected chi connectivity index (χ2v) is 5.31. The van der Waals surface area contributed by atoms with Crippen LogP contribution in [-0.4, -0.2) is 26.2 Å². The number of rotatable bonds is 2. The van der Waals surface area contributed by atoms with Gasteiger partial charge < -0.3 is 15.5 Å². The summed E-state index contributed by atoms with van der Waals surface area (Å²) < 4.78 is 13.8. The van der Waals surface area contributed by atoms with Crippen molar-refractivity contribution in [2.45, 2.75) is 0 Å². The maximum Gasteiger partial charge on any atom is 0.146 e. The highest BCUT2D eigenvalue weighted by Crippen LogP contribution is 2.26. The predicted octanol–water partition coefficient (Wildman–Crippen LogP) is 2.61. The minimum atomic E-state index is -0.193. The number of nitrogens with two attached hydrogens (primary N) is 1. The molecule has 2 aromatic carbocycles. The number of piperazine rings is 1. The summed E-state index contributed by atoms with van der Waals surface area (Å²) in [5, 5.41) is 9.25. The molecule has 3 rings (SSSR count). The molecule has 0 bridgehead atoms. The van der Waals surface area contributed by atoms with Crippen molar-refractivity contribution in [2.24, 2.45) is 0 Å². The zero-order valence-electron chi connectivity index (χ0n) is 12.2. The van der Waals surface area contributed by atoms with Crippen molar-refractivity contribution < 1.29 is 4.39 Å². The Bertz CT molecular complexity index is 715. The molecule has 0 radical (unpaired) electrons. The molecular weight excluding hydrogens is 279 g/mol. The Kier molecular flexibility index (Phi) is 3.84. The summed E-state index contributed by atoms with van der Waals surface area (Å²) in [6.45, 7) is 2.92. The fourth-order valence-corrected chi connectivity index (χ4v) is 2.82. The van der Waals surface area contributed by atoms with Gasteiger partial charge in [0.25, 0.3) is 0 Å². The molecule has 0 saturated carbocycles. The summed E-state index contributed by atoms with van der Waals surface area (Å²) in [5.41, 5.74) is 8.43. The molecule has 1 saturated heterocycles. The van der Waals surface area contributed by atoms with Crippen molar-refractivity contribution in [2.75, 3.05) is 41.7 Å². The Morgan fingerprint density at radius 3 is 2.23 bits per heavy atom. The summed E-state index contributed by atoms with van der Waals surface area (Å²) in [6.07, 6.45) is 0. The first kappa shape index (κ1) is 14.2. The van der Waals surface area contributed by atoms with Crippen molar-refractivity contribution in [3.8, 4) is 6.07 Å². The number of halogens is 1. The third-order valence-electron chi connectivity index (χ3n) is 3.95. The van der Waals surface area contributed by atoms with E-state index < -0.39 is 0 Å². The lowest BCUT2D eigenvalue weighted by Gasteiger charge is -2.37. The largest absolute Gasteiger partial charge is 0.399 e. The molecule has 1 fully saturated rings. The summed E-state index contributed by atoms with van der Waals surface area (Å²) in [4.78, 5) is 4.19. The molecular formula is C17H17FN4. The van der Waals surface area contributed by atoms with Gasteiger partial charge in [0, 0.05) is 31.9 Å². The molecule has 0 aliphatic carbocycles. The van der Waals surface area contributed by atoms with Crippen LogP contribution in [0.15, 0.2) is 42.5 Å². The van der Waals surface area contributed by atoms with E-state index in [0.29, 0.717) is 16.9 Å². The van der Waals surface area contributed by atoms with Gasteiger partial charge in [-0.15, -0.1) is 0 Å². The number of hydrogen-bond acceptors (Lipinski definition) is 4. The van der Waals surface area contributed by atoms with E-state index in [9.17, 15) is 9.65 Å². The van der Waals surface area contributed by atoms with Crippen LogP contribution in [0.4, 0.5) is 21.5 Å². The fourth-order valence-electron chi connectivity index (χ4n) is 2.82. The normalized spacial score (nSPS) is 14.7. The fraction of sp³-hybridized carbons (Fsp3) is 0.235. The van der Waals surface area contributed by atoms with Gasteiger partial charge in [0.1, 0.15) is 11.9 Å². The van der Waals surface area contributed by atoms with E-state index in [1.165, 1.54) is 6.07 Å². The van der Waals surface area contributed by atoms with Crippen LogP contribution in [0.25, 0.3) is 0 Å². The predicted molar refractivity (Wildman–Crippen MR) is 86.4 cm³/mol. The second kappa shape index (κ2) is 5.94.